The van der Waals surface area contributed by atoms with E-state index in [1.807, 2.05) is 26.0 Å². The first-order chi connectivity index (χ1) is 8.43. The molecule has 0 aromatic heterocycles. The Balaban J connectivity index is 2.95. The van der Waals surface area contributed by atoms with Gasteiger partial charge in [0.05, 0.1) is 18.2 Å². The summed E-state index contributed by atoms with van der Waals surface area (Å²) in [5.41, 5.74) is 1.08. The van der Waals surface area contributed by atoms with E-state index < -0.39 is 0 Å². The summed E-state index contributed by atoms with van der Waals surface area (Å²) in [7, 11) is 1.62. The Morgan fingerprint density at radius 2 is 1.89 bits per heavy atom. The van der Waals surface area contributed by atoms with E-state index in [0.717, 1.165) is 12.1 Å². The fraction of sp³-hybridized carbons (Fsp3) is 0.571. The van der Waals surface area contributed by atoms with E-state index >= 15 is 0 Å². The molecule has 4 heteroatoms. The number of rotatable bonds is 6. The second-order valence-corrected chi connectivity index (χ2v) is 5.22. The molecule has 0 heterocycles. The zero-order chi connectivity index (χ0) is 13.7. The van der Waals surface area contributed by atoms with E-state index in [0.29, 0.717) is 22.6 Å². The standard InChI is InChI=1S/C14H22ClNO2/c1-9(2)16-8-11-6-12(15)14(18-10(3)4)13(7-11)17-5/h6-7,9-10,16H,8H2,1-5H3. The zero-order valence-electron chi connectivity index (χ0n) is 11.7. The van der Waals surface area contributed by atoms with Crippen LogP contribution < -0.4 is 14.8 Å². The number of hydrogen-bond donors (Lipinski definition) is 1. The van der Waals surface area contributed by atoms with Gasteiger partial charge in [-0.15, -0.1) is 0 Å². The van der Waals surface area contributed by atoms with Crippen LogP contribution in [0.1, 0.15) is 33.3 Å². The monoisotopic (exact) mass is 271 g/mol. The van der Waals surface area contributed by atoms with Crippen LogP contribution in [0.4, 0.5) is 0 Å². The third-order valence-corrected chi connectivity index (χ3v) is 2.64. The van der Waals surface area contributed by atoms with Gasteiger partial charge in [0.25, 0.3) is 0 Å². The first-order valence-electron chi connectivity index (χ1n) is 6.20. The lowest BCUT2D eigenvalue weighted by Gasteiger charge is -2.17. The van der Waals surface area contributed by atoms with E-state index in [9.17, 15) is 0 Å². The predicted octanol–water partition coefficient (Wildman–Crippen LogP) is 3.63. The van der Waals surface area contributed by atoms with Crippen LogP contribution in [0, 0.1) is 0 Å². The fourth-order valence-electron chi connectivity index (χ4n) is 1.55. The van der Waals surface area contributed by atoms with E-state index in [2.05, 4.69) is 19.2 Å². The van der Waals surface area contributed by atoms with E-state index in [1.165, 1.54) is 0 Å². The van der Waals surface area contributed by atoms with Crippen molar-refractivity contribution in [1.29, 1.82) is 0 Å². The molecule has 0 unspecified atom stereocenters. The van der Waals surface area contributed by atoms with Crippen molar-refractivity contribution in [3.05, 3.63) is 22.7 Å². The van der Waals surface area contributed by atoms with Crippen LogP contribution in [0.3, 0.4) is 0 Å². The molecule has 1 aromatic carbocycles. The first kappa shape index (κ1) is 15.1. The maximum Gasteiger partial charge on any atom is 0.180 e. The van der Waals surface area contributed by atoms with Crippen LogP contribution in [-0.4, -0.2) is 19.3 Å². The Kier molecular flexibility index (Phi) is 5.76. The molecular weight excluding hydrogens is 250 g/mol. The molecule has 0 atom stereocenters. The van der Waals surface area contributed by atoms with Crippen LogP contribution in [0.15, 0.2) is 12.1 Å². The second-order valence-electron chi connectivity index (χ2n) is 4.81. The topological polar surface area (TPSA) is 30.5 Å². The smallest absolute Gasteiger partial charge is 0.180 e. The van der Waals surface area contributed by atoms with Gasteiger partial charge in [0.1, 0.15) is 0 Å². The molecule has 3 nitrogen and oxygen atoms in total. The number of ether oxygens (including phenoxy) is 2. The van der Waals surface area contributed by atoms with Gasteiger partial charge in [-0.1, -0.05) is 25.4 Å². The molecule has 1 aromatic rings. The summed E-state index contributed by atoms with van der Waals surface area (Å²) in [5.74, 6) is 1.29. The molecule has 0 saturated heterocycles. The zero-order valence-corrected chi connectivity index (χ0v) is 12.5. The average molecular weight is 272 g/mol. The highest BCUT2D eigenvalue weighted by molar-refractivity contribution is 6.32. The summed E-state index contributed by atoms with van der Waals surface area (Å²) in [6.45, 7) is 8.90. The SMILES string of the molecule is COc1cc(CNC(C)C)cc(Cl)c1OC(C)C. The van der Waals surface area contributed by atoms with Crippen molar-refractivity contribution in [3.63, 3.8) is 0 Å². The molecular formula is C14H22ClNO2. The molecule has 1 N–H and O–H groups in total. The van der Waals surface area contributed by atoms with Gasteiger partial charge in [0.15, 0.2) is 11.5 Å². The second kappa shape index (κ2) is 6.86. The first-order valence-corrected chi connectivity index (χ1v) is 6.58. The highest BCUT2D eigenvalue weighted by atomic mass is 35.5. The van der Waals surface area contributed by atoms with Gasteiger partial charge in [-0.2, -0.15) is 0 Å². The molecule has 0 spiro atoms. The van der Waals surface area contributed by atoms with Crippen LogP contribution in [-0.2, 0) is 6.54 Å². The molecule has 1 rings (SSSR count). The van der Waals surface area contributed by atoms with Crippen molar-refractivity contribution >= 4 is 11.6 Å². The van der Waals surface area contributed by atoms with Gasteiger partial charge in [-0.3, -0.25) is 0 Å². The Hall–Kier alpha value is -0.930. The minimum atomic E-state index is 0.0658. The Morgan fingerprint density at radius 3 is 2.39 bits per heavy atom. The number of halogens is 1. The number of hydrogen-bond acceptors (Lipinski definition) is 3. The summed E-state index contributed by atoms with van der Waals surface area (Å²) in [6, 6.07) is 4.30. The summed E-state index contributed by atoms with van der Waals surface area (Å²) in [4.78, 5) is 0. The highest BCUT2D eigenvalue weighted by Crippen LogP contribution is 2.37. The fourth-order valence-corrected chi connectivity index (χ4v) is 1.83. The minimum absolute atomic E-state index is 0.0658. The maximum absolute atomic E-state index is 6.24. The van der Waals surface area contributed by atoms with E-state index in [4.69, 9.17) is 21.1 Å². The highest BCUT2D eigenvalue weighted by Gasteiger charge is 2.13. The molecule has 0 aliphatic carbocycles. The minimum Gasteiger partial charge on any atom is -0.493 e. The third-order valence-electron chi connectivity index (χ3n) is 2.36. The number of methoxy groups -OCH3 is 1. The molecule has 0 fully saturated rings. The van der Waals surface area contributed by atoms with Crippen molar-refractivity contribution in [2.45, 2.75) is 46.4 Å². The number of benzene rings is 1. The van der Waals surface area contributed by atoms with Gasteiger partial charge >= 0.3 is 0 Å². The predicted molar refractivity (Wildman–Crippen MR) is 75.7 cm³/mol. The molecule has 0 aliphatic rings. The van der Waals surface area contributed by atoms with Crippen LogP contribution in [0.5, 0.6) is 11.5 Å². The van der Waals surface area contributed by atoms with Crippen LogP contribution in [0.2, 0.25) is 5.02 Å². The number of nitrogens with one attached hydrogen (secondary N) is 1. The van der Waals surface area contributed by atoms with E-state index in [1.54, 1.807) is 7.11 Å². The Labute approximate surface area is 114 Å². The van der Waals surface area contributed by atoms with Crippen molar-refractivity contribution in [1.82, 2.24) is 5.32 Å². The van der Waals surface area contributed by atoms with Crippen molar-refractivity contribution in [3.8, 4) is 11.5 Å². The van der Waals surface area contributed by atoms with Gasteiger partial charge in [-0.25, -0.2) is 0 Å². The van der Waals surface area contributed by atoms with E-state index in [-0.39, 0.29) is 6.10 Å². The van der Waals surface area contributed by atoms with Crippen LogP contribution in [0.25, 0.3) is 0 Å². The molecule has 18 heavy (non-hydrogen) atoms. The quantitative estimate of drug-likeness (QED) is 0.857. The van der Waals surface area contributed by atoms with Gasteiger partial charge in [0.2, 0.25) is 0 Å². The van der Waals surface area contributed by atoms with Crippen LogP contribution >= 0.6 is 11.6 Å². The normalized spacial score (nSPS) is 11.1. The summed E-state index contributed by atoms with van der Waals surface area (Å²) in [5, 5.41) is 3.93. The molecule has 102 valence electrons. The maximum atomic E-state index is 6.24. The van der Waals surface area contributed by atoms with Crippen molar-refractivity contribution in [2.75, 3.05) is 7.11 Å². The molecule has 0 radical (unpaired) electrons. The summed E-state index contributed by atoms with van der Waals surface area (Å²) in [6.07, 6.45) is 0.0658. The summed E-state index contributed by atoms with van der Waals surface area (Å²) >= 11 is 6.24. The third kappa shape index (κ3) is 4.39. The van der Waals surface area contributed by atoms with Crippen molar-refractivity contribution in [2.24, 2.45) is 0 Å². The average Bonchev–Trinajstić information content (AvgIpc) is 2.28. The Bertz CT molecular complexity index is 392. The summed E-state index contributed by atoms with van der Waals surface area (Å²) < 4.78 is 11.0. The lowest BCUT2D eigenvalue weighted by Crippen LogP contribution is -2.21. The Morgan fingerprint density at radius 1 is 1.22 bits per heavy atom. The lowest BCUT2D eigenvalue weighted by atomic mass is 10.2. The molecule has 0 aliphatic heterocycles. The van der Waals surface area contributed by atoms with Crippen molar-refractivity contribution < 1.29 is 9.47 Å². The molecule has 0 saturated carbocycles. The molecule has 0 amide bonds. The van der Waals surface area contributed by atoms with Gasteiger partial charge in [0, 0.05) is 12.6 Å². The largest absolute Gasteiger partial charge is 0.493 e. The van der Waals surface area contributed by atoms with Gasteiger partial charge in [-0.05, 0) is 31.5 Å². The van der Waals surface area contributed by atoms with Gasteiger partial charge < -0.3 is 14.8 Å². The lowest BCUT2D eigenvalue weighted by molar-refractivity contribution is 0.230. The molecule has 0 bridgehead atoms.